The SMILES string of the molecule is CCCCCCCCCCCCCC[C@@H]1O[C@@H]1CCCCCCCCCCCCCCCCCC1(Sc2ccccc2)C[C@H](C)OC1=O. The highest BCUT2D eigenvalue weighted by Gasteiger charge is 2.48. The zero-order chi connectivity index (χ0) is 34.0. The van der Waals surface area contributed by atoms with Gasteiger partial charge in [-0.1, -0.05) is 198 Å². The Morgan fingerprint density at radius 3 is 1.38 bits per heavy atom. The van der Waals surface area contributed by atoms with Gasteiger partial charge < -0.3 is 9.47 Å². The van der Waals surface area contributed by atoms with Gasteiger partial charge in [0.2, 0.25) is 0 Å². The number of ether oxygens (including phenoxy) is 2. The van der Waals surface area contributed by atoms with E-state index in [-0.39, 0.29) is 16.8 Å². The highest BCUT2D eigenvalue weighted by molar-refractivity contribution is 8.01. The lowest BCUT2D eigenvalue weighted by atomic mass is 9.96. The van der Waals surface area contributed by atoms with Crippen LogP contribution in [0.4, 0.5) is 0 Å². The summed E-state index contributed by atoms with van der Waals surface area (Å²) in [6, 6.07) is 10.4. The average Bonchev–Trinajstić information content (AvgIpc) is 3.77. The van der Waals surface area contributed by atoms with E-state index in [2.05, 4.69) is 31.2 Å². The molecular weight excluding hydrogens is 609 g/mol. The summed E-state index contributed by atoms with van der Waals surface area (Å²) in [5.41, 5.74) is 0. The third-order valence-electron chi connectivity index (χ3n) is 11.0. The molecular formula is C44H76O3S. The van der Waals surface area contributed by atoms with Crippen molar-refractivity contribution < 1.29 is 14.3 Å². The number of epoxide rings is 1. The summed E-state index contributed by atoms with van der Waals surface area (Å²) in [5, 5.41) is 0. The van der Waals surface area contributed by atoms with Crippen LogP contribution in [0, 0.1) is 0 Å². The van der Waals surface area contributed by atoms with Gasteiger partial charge in [-0.05, 0) is 38.3 Å². The number of carbonyl (C=O) groups excluding carboxylic acids is 1. The highest BCUT2D eigenvalue weighted by Crippen LogP contribution is 2.46. The lowest BCUT2D eigenvalue weighted by molar-refractivity contribution is -0.142. The van der Waals surface area contributed by atoms with E-state index in [4.69, 9.17) is 9.47 Å². The van der Waals surface area contributed by atoms with Gasteiger partial charge in [0.15, 0.2) is 0 Å². The molecule has 276 valence electrons. The van der Waals surface area contributed by atoms with Crippen molar-refractivity contribution in [3.63, 3.8) is 0 Å². The smallest absolute Gasteiger partial charge is 0.322 e. The van der Waals surface area contributed by atoms with Crippen molar-refractivity contribution in [1.82, 2.24) is 0 Å². The van der Waals surface area contributed by atoms with Crippen LogP contribution in [-0.2, 0) is 14.3 Å². The first kappa shape index (κ1) is 41.4. The molecule has 1 aromatic carbocycles. The molecule has 0 aromatic heterocycles. The highest BCUT2D eigenvalue weighted by atomic mass is 32.2. The molecule has 0 amide bonds. The Kier molecular flexibility index (Phi) is 23.1. The largest absolute Gasteiger partial charge is 0.462 e. The van der Waals surface area contributed by atoms with Crippen LogP contribution in [0.1, 0.15) is 213 Å². The fourth-order valence-corrected chi connectivity index (χ4v) is 9.30. The number of benzene rings is 1. The molecule has 0 N–H and O–H groups in total. The maximum Gasteiger partial charge on any atom is 0.322 e. The molecule has 2 aliphatic rings. The number of rotatable bonds is 33. The summed E-state index contributed by atoms with van der Waals surface area (Å²) in [4.78, 5) is 14.0. The van der Waals surface area contributed by atoms with Gasteiger partial charge in [0, 0.05) is 11.3 Å². The third kappa shape index (κ3) is 18.8. The molecule has 0 spiro atoms. The molecule has 2 fully saturated rings. The molecule has 1 unspecified atom stereocenters. The summed E-state index contributed by atoms with van der Waals surface area (Å²) in [6.45, 7) is 4.33. The number of unbranched alkanes of at least 4 members (excludes halogenated alkanes) is 25. The van der Waals surface area contributed by atoms with E-state index in [0.29, 0.717) is 12.2 Å². The standard InChI is InChI=1S/C44H76O3S/c1-3-4-5-6-7-8-9-15-18-21-24-30-35-41-42(47-41)36-31-25-22-19-16-13-11-10-12-14-17-20-23-26-32-37-44(38-39(2)46-43(44)45)48-40-33-28-27-29-34-40/h27-29,33-34,39,41-42H,3-26,30-32,35-38H2,1-2H3/t39-,41-,42+,44?/m0/s1. The first-order valence-corrected chi connectivity index (χ1v) is 22.1. The maximum absolute atomic E-state index is 12.8. The minimum atomic E-state index is -0.388. The quantitative estimate of drug-likeness (QED) is 0.0420. The van der Waals surface area contributed by atoms with Gasteiger partial charge in [-0.15, -0.1) is 11.8 Å². The van der Waals surface area contributed by atoms with Gasteiger partial charge in [-0.3, -0.25) is 4.79 Å². The second-order valence-corrected chi connectivity index (χ2v) is 17.0. The Morgan fingerprint density at radius 1 is 0.583 bits per heavy atom. The Labute approximate surface area is 302 Å². The predicted molar refractivity (Wildman–Crippen MR) is 208 cm³/mol. The molecule has 4 atom stereocenters. The monoisotopic (exact) mass is 685 g/mol. The van der Waals surface area contributed by atoms with E-state index in [1.54, 1.807) is 11.8 Å². The van der Waals surface area contributed by atoms with Crippen molar-refractivity contribution in [2.75, 3.05) is 0 Å². The zero-order valence-corrected chi connectivity index (χ0v) is 32.5. The van der Waals surface area contributed by atoms with Crippen molar-refractivity contribution in [1.29, 1.82) is 0 Å². The van der Waals surface area contributed by atoms with Crippen LogP contribution in [0.3, 0.4) is 0 Å². The van der Waals surface area contributed by atoms with Gasteiger partial charge in [-0.2, -0.15) is 0 Å². The van der Waals surface area contributed by atoms with Crippen molar-refractivity contribution in [2.45, 2.75) is 241 Å². The molecule has 3 rings (SSSR count). The second-order valence-electron chi connectivity index (χ2n) is 15.6. The number of thioether (sulfide) groups is 1. The van der Waals surface area contributed by atoms with Crippen LogP contribution in [-0.4, -0.2) is 29.0 Å². The Hall–Kier alpha value is -1.00. The van der Waals surface area contributed by atoms with Gasteiger partial charge in [0.25, 0.3) is 0 Å². The topological polar surface area (TPSA) is 38.8 Å². The normalized spacial score (nSPS) is 22.0. The van der Waals surface area contributed by atoms with Crippen molar-refractivity contribution in [2.24, 2.45) is 0 Å². The van der Waals surface area contributed by atoms with E-state index in [0.717, 1.165) is 19.3 Å². The summed E-state index contributed by atoms with van der Waals surface area (Å²) in [7, 11) is 0. The molecule has 3 nitrogen and oxygen atoms in total. The fraction of sp³-hybridized carbons (Fsp3) is 0.841. The van der Waals surface area contributed by atoms with Crippen molar-refractivity contribution >= 4 is 17.7 Å². The fourth-order valence-electron chi connectivity index (χ4n) is 7.86. The number of hydrogen-bond acceptors (Lipinski definition) is 4. The zero-order valence-electron chi connectivity index (χ0n) is 31.7. The van der Waals surface area contributed by atoms with Gasteiger partial charge >= 0.3 is 5.97 Å². The summed E-state index contributed by atoms with van der Waals surface area (Å²) >= 11 is 1.73. The number of carbonyl (C=O) groups is 1. The molecule has 48 heavy (non-hydrogen) atoms. The van der Waals surface area contributed by atoms with Crippen molar-refractivity contribution in [3.05, 3.63) is 30.3 Å². The molecule has 0 radical (unpaired) electrons. The summed E-state index contributed by atoms with van der Waals surface area (Å²) < 4.78 is 11.2. The molecule has 2 aliphatic heterocycles. The van der Waals surface area contributed by atoms with E-state index < -0.39 is 0 Å². The Morgan fingerprint density at radius 2 is 0.979 bits per heavy atom. The van der Waals surface area contributed by atoms with Gasteiger partial charge in [-0.25, -0.2) is 0 Å². The Balaban J connectivity index is 1.00. The van der Waals surface area contributed by atoms with E-state index in [1.807, 2.05) is 13.0 Å². The molecule has 2 heterocycles. The minimum absolute atomic E-state index is 0.000739. The van der Waals surface area contributed by atoms with E-state index >= 15 is 0 Å². The third-order valence-corrected chi connectivity index (χ3v) is 12.4. The summed E-state index contributed by atoms with van der Waals surface area (Å²) in [5.74, 6) is 0.000739. The van der Waals surface area contributed by atoms with E-state index in [9.17, 15) is 4.79 Å². The van der Waals surface area contributed by atoms with Gasteiger partial charge in [0.05, 0.1) is 12.2 Å². The first-order chi connectivity index (χ1) is 23.6. The van der Waals surface area contributed by atoms with Crippen LogP contribution >= 0.6 is 11.8 Å². The maximum atomic E-state index is 12.8. The Bertz CT molecular complexity index is 906. The molecule has 0 aliphatic carbocycles. The van der Waals surface area contributed by atoms with E-state index in [1.165, 1.54) is 185 Å². The minimum Gasteiger partial charge on any atom is -0.462 e. The molecule has 2 saturated heterocycles. The average molecular weight is 685 g/mol. The second kappa shape index (κ2) is 26.8. The summed E-state index contributed by atoms with van der Waals surface area (Å²) in [6.07, 6.45) is 43.3. The first-order valence-electron chi connectivity index (χ1n) is 21.2. The number of cyclic esters (lactones) is 1. The predicted octanol–water partition coefficient (Wildman–Crippen LogP) is 14.3. The van der Waals surface area contributed by atoms with Gasteiger partial charge in [0.1, 0.15) is 10.9 Å². The van der Waals surface area contributed by atoms with Crippen LogP contribution in [0.25, 0.3) is 0 Å². The number of hydrogen-bond donors (Lipinski definition) is 0. The molecule has 1 aromatic rings. The molecule has 4 heteroatoms. The molecule has 0 saturated carbocycles. The van der Waals surface area contributed by atoms with Crippen LogP contribution in [0.2, 0.25) is 0 Å². The lowest BCUT2D eigenvalue weighted by Crippen LogP contribution is -2.30. The lowest BCUT2D eigenvalue weighted by Gasteiger charge is -2.24. The molecule has 0 bridgehead atoms. The van der Waals surface area contributed by atoms with Crippen molar-refractivity contribution in [3.8, 4) is 0 Å². The number of esters is 1. The van der Waals surface area contributed by atoms with Crippen LogP contribution in [0.15, 0.2) is 35.2 Å². The van der Waals surface area contributed by atoms with Crippen LogP contribution in [0.5, 0.6) is 0 Å². The van der Waals surface area contributed by atoms with Crippen LogP contribution < -0.4 is 0 Å².